The van der Waals surface area contributed by atoms with Gasteiger partial charge in [-0.1, -0.05) is 6.07 Å². The lowest BCUT2D eigenvalue weighted by molar-refractivity contribution is -0.384. The zero-order valence-electron chi connectivity index (χ0n) is 15.4. The molecule has 13 heteroatoms. The highest BCUT2D eigenvalue weighted by molar-refractivity contribution is 5.97. The van der Waals surface area contributed by atoms with E-state index in [1.165, 1.54) is 12.1 Å². The Balaban J connectivity index is 2.21. The Morgan fingerprint density at radius 1 is 1.00 bits per heavy atom. The van der Waals surface area contributed by atoms with Crippen molar-refractivity contribution < 1.29 is 45.6 Å². The van der Waals surface area contributed by atoms with Crippen molar-refractivity contribution in [3.8, 4) is 0 Å². The van der Waals surface area contributed by atoms with Crippen molar-refractivity contribution in [1.82, 2.24) is 0 Å². The molecule has 0 fully saturated rings. The van der Waals surface area contributed by atoms with Gasteiger partial charge in [-0.2, -0.15) is 26.3 Å². The van der Waals surface area contributed by atoms with Crippen LogP contribution in [0, 0.1) is 10.1 Å². The molecule has 0 saturated carbocycles. The minimum atomic E-state index is -5.17. The van der Waals surface area contributed by atoms with Crippen LogP contribution in [0.1, 0.15) is 28.4 Å². The predicted molar refractivity (Wildman–Crippen MR) is 93.0 cm³/mol. The molecule has 1 atom stereocenters. The first-order chi connectivity index (χ1) is 14.2. The number of halogens is 6. The first-order valence-electron chi connectivity index (χ1n) is 8.24. The quantitative estimate of drug-likeness (QED) is 0.305. The smallest absolute Gasteiger partial charge is 0.416 e. The number of ether oxygens (including phenoxy) is 1. The van der Waals surface area contributed by atoms with Crippen LogP contribution in [0.15, 0.2) is 42.5 Å². The molecule has 0 bridgehead atoms. The Labute approximate surface area is 169 Å². The molecule has 1 amide bonds. The van der Waals surface area contributed by atoms with Crippen LogP contribution in [0.5, 0.6) is 0 Å². The molecule has 1 unspecified atom stereocenters. The van der Waals surface area contributed by atoms with Crippen LogP contribution in [0.2, 0.25) is 0 Å². The normalized spacial score (nSPS) is 12.7. The van der Waals surface area contributed by atoms with Crippen molar-refractivity contribution in [1.29, 1.82) is 0 Å². The highest BCUT2D eigenvalue weighted by atomic mass is 19.4. The lowest BCUT2D eigenvalue weighted by Gasteiger charge is -2.16. The number of hydrogen-bond acceptors (Lipinski definition) is 5. The fourth-order valence-electron chi connectivity index (χ4n) is 2.30. The summed E-state index contributed by atoms with van der Waals surface area (Å²) in [5, 5.41) is 12.9. The summed E-state index contributed by atoms with van der Waals surface area (Å²) >= 11 is 0. The molecule has 0 spiro atoms. The molecule has 2 aromatic carbocycles. The average Bonchev–Trinajstić information content (AvgIpc) is 2.66. The van der Waals surface area contributed by atoms with Crippen molar-refractivity contribution in [3.63, 3.8) is 0 Å². The maximum absolute atomic E-state index is 12.9. The predicted octanol–water partition coefficient (Wildman–Crippen LogP) is 4.82. The van der Waals surface area contributed by atoms with Crippen LogP contribution in [0.25, 0.3) is 0 Å². The molecule has 0 aliphatic heterocycles. The Morgan fingerprint density at radius 2 is 1.55 bits per heavy atom. The number of carbonyl (C=O) groups is 2. The van der Waals surface area contributed by atoms with E-state index < -0.39 is 51.9 Å². The number of nitrogens with one attached hydrogen (secondary N) is 1. The summed E-state index contributed by atoms with van der Waals surface area (Å²) in [6, 6.07) is 4.86. The van der Waals surface area contributed by atoms with E-state index >= 15 is 0 Å². The molecule has 166 valence electrons. The monoisotopic (exact) mass is 450 g/mol. The summed E-state index contributed by atoms with van der Waals surface area (Å²) in [6.45, 7) is 1.02. The molecule has 2 aromatic rings. The minimum Gasteiger partial charge on any atom is -0.449 e. The largest absolute Gasteiger partial charge is 0.449 e. The number of carbonyl (C=O) groups excluding carboxylic acids is 2. The van der Waals surface area contributed by atoms with Gasteiger partial charge in [-0.05, 0) is 31.2 Å². The third kappa shape index (κ3) is 6.17. The van der Waals surface area contributed by atoms with Crippen LogP contribution in [-0.4, -0.2) is 22.9 Å². The standard InChI is InChI=1S/C18H12F6N2O5/c1-9(15(27)25-13-3-2-4-14(8-13)26(29)30)31-16(28)10-5-11(17(19,20)21)7-12(6-10)18(22,23)24/h2-9H,1H3,(H,25,27). The molecule has 0 radical (unpaired) electrons. The van der Waals surface area contributed by atoms with Crippen LogP contribution in [0.4, 0.5) is 37.7 Å². The molecular weight excluding hydrogens is 438 g/mol. The number of alkyl halides is 6. The van der Waals surface area contributed by atoms with E-state index in [1.54, 1.807) is 0 Å². The van der Waals surface area contributed by atoms with Gasteiger partial charge >= 0.3 is 18.3 Å². The van der Waals surface area contributed by atoms with Crippen LogP contribution in [0.3, 0.4) is 0 Å². The van der Waals surface area contributed by atoms with Gasteiger partial charge in [-0.25, -0.2) is 4.79 Å². The maximum atomic E-state index is 12.9. The van der Waals surface area contributed by atoms with Crippen molar-refractivity contribution in [3.05, 3.63) is 69.3 Å². The van der Waals surface area contributed by atoms with Crippen LogP contribution >= 0.6 is 0 Å². The van der Waals surface area contributed by atoms with E-state index in [4.69, 9.17) is 0 Å². The molecule has 0 aliphatic rings. The van der Waals surface area contributed by atoms with Gasteiger partial charge in [-0.15, -0.1) is 0 Å². The topological polar surface area (TPSA) is 98.5 Å². The third-order valence-electron chi connectivity index (χ3n) is 3.80. The number of amides is 1. The van der Waals surface area contributed by atoms with Crippen molar-refractivity contribution in [2.24, 2.45) is 0 Å². The Bertz CT molecular complexity index is 987. The van der Waals surface area contributed by atoms with Crippen LogP contribution < -0.4 is 5.32 Å². The number of esters is 1. The number of benzene rings is 2. The molecule has 31 heavy (non-hydrogen) atoms. The van der Waals surface area contributed by atoms with Crippen LogP contribution in [-0.2, 0) is 21.9 Å². The van der Waals surface area contributed by atoms with E-state index in [0.717, 1.165) is 19.1 Å². The number of nitro groups is 1. The molecule has 0 saturated heterocycles. The van der Waals surface area contributed by atoms with Gasteiger partial charge in [0, 0.05) is 17.8 Å². The van der Waals surface area contributed by atoms with Gasteiger partial charge in [-0.3, -0.25) is 14.9 Å². The molecule has 0 heterocycles. The van der Waals surface area contributed by atoms with Gasteiger partial charge < -0.3 is 10.1 Å². The summed E-state index contributed by atoms with van der Waals surface area (Å²) in [6.07, 6.45) is -12.0. The van der Waals surface area contributed by atoms with E-state index in [0.29, 0.717) is 0 Å². The minimum absolute atomic E-state index is 0.0412. The summed E-state index contributed by atoms with van der Waals surface area (Å²) in [7, 11) is 0. The summed E-state index contributed by atoms with van der Waals surface area (Å²) < 4.78 is 82.0. The fourth-order valence-corrected chi connectivity index (χ4v) is 2.30. The van der Waals surface area contributed by atoms with E-state index in [2.05, 4.69) is 10.1 Å². The summed E-state index contributed by atoms with van der Waals surface area (Å²) in [5.74, 6) is -2.62. The number of nitro benzene ring substituents is 1. The van der Waals surface area contributed by atoms with Gasteiger partial charge in [0.2, 0.25) is 0 Å². The second-order valence-corrected chi connectivity index (χ2v) is 6.14. The maximum Gasteiger partial charge on any atom is 0.416 e. The first-order valence-corrected chi connectivity index (χ1v) is 8.24. The number of nitrogens with zero attached hydrogens (tertiary/aromatic N) is 1. The highest BCUT2D eigenvalue weighted by Crippen LogP contribution is 2.36. The highest BCUT2D eigenvalue weighted by Gasteiger charge is 2.38. The zero-order valence-corrected chi connectivity index (χ0v) is 15.4. The summed E-state index contributed by atoms with van der Waals surface area (Å²) in [5.41, 5.74) is -4.89. The number of non-ortho nitro benzene ring substituents is 1. The molecule has 0 aromatic heterocycles. The number of rotatable bonds is 5. The lowest BCUT2D eigenvalue weighted by atomic mass is 10.0. The third-order valence-corrected chi connectivity index (χ3v) is 3.80. The van der Waals surface area contributed by atoms with Gasteiger partial charge in [0.05, 0.1) is 21.6 Å². The van der Waals surface area contributed by atoms with Crippen molar-refractivity contribution in [2.75, 3.05) is 5.32 Å². The molecule has 0 aliphatic carbocycles. The fraction of sp³-hybridized carbons (Fsp3) is 0.222. The van der Waals surface area contributed by atoms with Crippen molar-refractivity contribution >= 4 is 23.3 Å². The second kappa shape index (κ2) is 8.62. The second-order valence-electron chi connectivity index (χ2n) is 6.14. The molecule has 7 nitrogen and oxygen atoms in total. The average molecular weight is 450 g/mol. The zero-order chi connectivity index (χ0) is 23.6. The van der Waals surface area contributed by atoms with Crippen molar-refractivity contribution in [2.45, 2.75) is 25.4 Å². The molecule has 1 N–H and O–H groups in total. The van der Waals surface area contributed by atoms with Gasteiger partial charge in [0.1, 0.15) is 0 Å². The molecule has 2 rings (SSSR count). The Hall–Kier alpha value is -3.64. The lowest BCUT2D eigenvalue weighted by Crippen LogP contribution is -2.30. The molecular formula is C18H12F6N2O5. The first kappa shape index (κ1) is 23.6. The Kier molecular flexibility index (Phi) is 6.57. The Morgan fingerprint density at radius 3 is 2.03 bits per heavy atom. The van der Waals surface area contributed by atoms with E-state index in [-0.39, 0.29) is 29.6 Å². The van der Waals surface area contributed by atoms with Gasteiger partial charge in [0.25, 0.3) is 11.6 Å². The van der Waals surface area contributed by atoms with Gasteiger partial charge in [0.15, 0.2) is 6.10 Å². The van der Waals surface area contributed by atoms with E-state index in [9.17, 15) is 46.0 Å². The number of hydrogen-bond donors (Lipinski definition) is 1. The summed E-state index contributed by atoms with van der Waals surface area (Å²) in [4.78, 5) is 34.2. The van der Waals surface area contributed by atoms with E-state index in [1.807, 2.05) is 0 Å². The SMILES string of the molecule is CC(OC(=O)c1cc(C(F)(F)F)cc(C(F)(F)F)c1)C(=O)Nc1cccc([N+](=O)[O-])c1. The number of anilines is 1.